The molecule has 3 fully saturated rings. The first-order valence-electron chi connectivity index (χ1n) is 32.4. The van der Waals surface area contributed by atoms with E-state index in [1.807, 2.05) is 164 Å². The van der Waals surface area contributed by atoms with Gasteiger partial charge in [-0.1, -0.05) is 127 Å². The second-order valence-corrected chi connectivity index (χ2v) is 25.2. The fraction of sp³-hybridized carbons (Fsp3) is 0.316. The standard InChI is InChI=1S/C27H30N2O3.C26H29N3O3.C26H26N2O3.H3N/c1-18(28)22-7-6-20-5-4-19(14-23(20)16-22)15-26(27(30)31-3)21-8-10-24(11-9-21)32-25-12-13-29(2)17-25;1-29-12-11-23(16-29)32-22-9-7-19(8-10-22)24(26(30)31-2)14-17-3-4-18-5-6-20(25(27)28)15-21(18)13-17;1-27-22-9-6-19-5-4-18(14-21(19)16-22)15-25(26(29)30-3)20-7-10-23(11-8-20)31-24-12-13-28(2)17-24;/h4-11,14,16,25-26,28H,12-13,15,17H2,1-3H3;3-10,13,15,23-24H,11-12,14,16H2,1-2H3,(H3,27,28);4-11,14,16,24-25H,12-13,15,17H2,2-3H3;1H3. The van der Waals surface area contributed by atoms with Gasteiger partial charge in [-0.15, -0.1) is 0 Å². The summed E-state index contributed by atoms with van der Waals surface area (Å²) >= 11 is 0. The molecule has 7 N–H and O–H groups in total. The van der Waals surface area contributed by atoms with Crippen molar-refractivity contribution >= 4 is 67.5 Å². The monoisotopic (exact) mass is 1290 g/mol. The Hall–Kier alpha value is -9.96. The van der Waals surface area contributed by atoms with E-state index in [4.69, 9.17) is 51.5 Å². The maximum atomic E-state index is 12.6. The van der Waals surface area contributed by atoms with Gasteiger partial charge in [-0.3, -0.25) is 19.8 Å². The van der Waals surface area contributed by atoms with Gasteiger partial charge in [0.2, 0.25) is 0 Å². The predicted molar refractivity (Wildman–Crippen MR) is 381 cm³/mol. The summed E-state index contributed by atoms with van der Waals surface area (Å²) in [6, 6.07) is 59.2. The quantitative estimate of drug-likeness (QED) is 0.0183. The molecule has 6 unspecified atom stereocenters. The number of carbonyl (C=O) groups is 3. The molecule has 0 bridgehead atoms. The van der Waals surface area contributed by atoms with Crippen LogP contribution < -0.4 is 26.1 Å². The van der Waals surface area contributed by atoms with Crippen molar-refractivity contribution in [2.24, 2.45) is 5.73 Å². The lowest BCUT2D eigenvalue weighted by atomic mass is 9.90. The number of hydrogen-bond acceptors (Lipinski definition) is 15. The molecule has 17 heteroatoms. The van der Waals surface area contributed by atoms with Crippen molar-refractivity contribution in [2.45, 2.75) is 81.5 Å². The number of nitrogen functional groups attached to an aromatic ring is 1. The number of nitrogens with zero attached hydrogens (tertiary/aromatic N) is 4. The van der Waals surface area contributed by atoms with E-state index < -0.39 is 17.8 Å². The summed E-state index contributed by atoms with van der Waals surface area (Å²) in [6.45, 7) is 15.0. The van der Waals surface area contributed by atoms with Crippen molar-refractivity contribution in [3.63, 3.8) is 0 Å². The molecular weight excluding hydrogens is 1200 g/mol. The van der Waals surface area contributed by atoms with E-state index >= 15 is 0 Å². The zero-order valence-electron chi connectivity index (χ0n) is 56.0. The Balaban J connectivity index is 0.000000168. The van der Waals surface area contributed by atoms with Crippen molar-refractivity contribution in [3.8, 4) is 17.2 Å². The van der Waals surface area contributed by atoms with Gasteiger partial charge >= 0.3 is 17.9 Å². The number of likely N-dealkylation sites (tertiary alicyclic amines) is 3. The number of nitrogens with two attached hydrogens (primary N) is 1. The van der Waals surface area contributed by atoms with Crippen molar-refractivity contribution in [1.29, 1.82) is 10.8 Å². The topological polar surface area (TPSA) is 229 Å². The van der Waals surface area contributed by atoms with Gasteiger partial charge < -0.3 is 60.4 Å². The SMILES string of the molecule is COC(=O)C(Cc1ccc2ccc(C(=N)N)cc2c1)c1ccc(OC2CCN(C)C2)cc1.COC(=O)C(Cc1ccc2ccc(C(C)=N)cc2c1)c1ccc(OC2CCN(C)C2)cc1.N.[C-]#[N+]c1ccc2ccc(CC(C(=O)OC)c3ccc(OC4CCN(C)C4)cc3)cc2c1. The van der Waals surface area contributed by atoms with Gasteiger partial charge in [-0.25, -0.2) is 4.85 Å². The normalized spacial score (nSPS) is 17.1. The third kappa shape index (κ3) is 18.5. The van der Waals surface area contributed by atoms with Crippen molar-refractivity contribution < 1.29 is 42.8 Å². The first-order chi connectivity index (χ1) is 45.9. The Labute approximate surface area is 563 Å². The van der Waals surface area contributed by atoms with Crippen LogP contribution in [0.25, 0.3) is 37.2 Å². The van der Waals surface area contributed by atoms with Crippen LogP contribution in [0.1, 0.15) is 88.4 Å². The molecule has 0 radical (unpaired) electrons. The van der Waals surface area contributed by atoms with E-state index in [0.717, 1.165) is 147 Å². The van der Waals surface area contributed by atoms with Gasteiger partial charge in [0.05, 0.1) is 45.7 Å². The second kappa shape index (κ2) is 32.9. The Bertz CT molecular complexity index is 4050. The first kappa shape index (κ1) is 70.4. The number of rotatable bonds is 20. The molecule has 3 aliphatic rings. The zero-order valence-corrected chi connectivity index (χ0v) is 56.0. The van der Waals surface area contributed by atoms with Crippen LogP contribution in [-0.2, 0) is 47.9 Å². The number of esters is 3. The lowest BCUT2D eigenvalue weighted by molar-refractivity contribution is -0.143. The smallest absolute Gasteiger partial charge is 0.313 e. The third-order valence-electron chi connectivity index (χ3n) is 18.1. The van der Waals surface area contributed by atoms with Crippen molar-refractivity contribution in [1.82, 2.24) is 20.9 Å². The number of carbonyl (C=O) groups excluding carboxylic acids is 3. The van der Waals surface area contributed by atoms with E-state index in [9.17, 15) is 14.4 Å². The minimum absolute atomic E-state index is 0. The summed E-state index contributed by atoms with van der Waals surface area (Å²) in [5.74, 6) is 0.518. The highest BCUT2D eigenvalue weighted by Crippen LogP contribution is 2.33. The number of ether oxygens (including phenoxy) is 6. The van der Waals surface area contributed by atoms with Gasteiger partial charge in [0.25, 0.3) is 0 Å². The molecule has 9 aromatic rings. The van der Waals surface area contributed by atoms with Crippen LogP contribution in [0, 0.1) is 17.4 Å². The van der Waals surface area contributed by atoms with E-state index in [-0.39, 0.29) is 48.2 Å². The largest absolute Gasteiger partial charge is 0.489 e. The molecule has 9 aromatic carbocycles. The maximum Gasteiger partial charge on any atom is 0.313 e. The Kier molecular flexibility index (Phi) is 24.1. The van der Waals surface area contributed by atoms with Crippen LogP contribution in [0.4, 0.5) is 5.69 Å². The van der Waals surface area contributed by atoms with E-state index in [2.05, 4.69) is 58.9 Å². The maximum absolute atomic E-state index is 12.6. The summed E-state index contributed by atoms with van der Waals surface area (Å²) in [4.78, 5) is 48.1. The number of hydrogen-bond donors (Lipinski definition) is 4. The summed E-state index contributed by atoms with van der Waals surface area (Å²) in [5.41, 5.74) is 14.2. The average Bonchev–Trinajstić information content (AvgIpc) is 1.60. The fourth-order valence-electron chi connectivity index (χ4n) is 12.8. The Morgan fingerprint density at radius 2 is 0.771 bits per heavy atom. The number of nitrogens with one attached hydrogen (secondary N) is 2. The minimum atomic E-state index is -0.417. The molecule has 17 nitrogen and oxygen atoms in total. The molecule has 96 heavy (non-hydrogen) atoms. The molecule has 0 saturated carbocycles. The number of amidine groups is 1. The average molecular weight is 1290 g/mol. The molecule has 0 spiro atoms. The summed E-state index contributed by atoms with van der Waals surface area (Å²) in [6.07, 6.45) is 5.31. The molecule has 0 amide bonds. The molecule has 498 valence electrons. The minimum Gasteiger partial charge on any atom is -0.489 e. The van der Waals surface area contributed by atoms with Gasteiger partial charge in [-0.05, 0) is 192 Å². The van der Waals surface area contributed by atoms with Gasteiger partial charge in [-0.2, -0.15) is 0 Å². The number of methoxy groups -OCH3 is 3. The molecule has 3 saturated heterocycles. The number of fused-ring (bicyclic) bond motifs is 3. The van der Waals surface area contributed by atoms with Crippen LogP contribution in [0.5, 0.6) is 17.2 Å². The zero-order chi connectivity index (χ0) is 67.1. The van der Waals surface area contributed by atoms with Crippen LogP contribution >= 0.6 is 0 Å². The highest BCUT2D eigenvalue weighted by Gasteiger charge is 2.28. The molecule has 3 heterocycles. The second-order valence-electron chi connectivity index (χ2n) is 25.2. The van der Waals surface area contributed by atoms with E-state index in [1.165, 1.54) is 21.3 Å². The van der Waals surface area contributed by atoms with Gasteiger partial charge in [0.1, 0.15) is 41.4 Å². The van der Waals surface area contributed by atoms with Crippen LogP contribution in [0.2, 0.25) is 0 Å². The summed E-state index contributed by atoms with van der Waals surface area (Å²) < 4.78 is 33.6. The summed E-state index contributed by atoms with van der Waals surface area (Å²) in [7, 11) is 10.6. The highest BCUT2D eigenvalue weighted by atomic mass is 16.5. The molecule has 3 aliphatic heterocycles. The Morgan fingerprint density at radius 1 is 0.458 bits per heavy atom. The number of benzene rings is 9. The first-order valence-corrected chi connectivity index (χ1v) is 32.4. The van der Waals surface area contributed by atoms with Crippen LogP contribution in [-0.4, -0.2) is 144 Å². The van der Waals surface area contributed by atoms with Crippen LogP contribution in [0.3, 0.4) is 0 Å². The molecule has 0 aliphatic carbocycles. The van der Waals surface area contributed by atoms with Gasteiger partial charge in [0, 0.05) is 50.5 Å². The third-order valence-corrected chi connectivity index (χ3v) is 18.1. The predicted octanol–water partition coefficient (Wildman–Crippen LogP) is 13.7. The van der Waals surface area contributed by atoms with Crippen molar-refractivity contribution in [2.75, 3.05) is 81.7 Å². The van der Waals surface area contributed by atoms with E-state index in [0.29, 0.717) is 36.2 Å². The van der Waals surface area contributed by atoms with Crippen molar-refractivity contribution in [3.05, 3.63) is 238 Å². The fourth-order valence-corrected chi connectivity index (χ4v) is 12.8. The van der Waals surface area contributed by atoms with Crippen LogP contribution in [0.15, 0.2) is 182 Å². The van der Waals surface area contributed by atoms with E-state index in [1.54, 1.807) is 6.92 Å². The van der Waals surface area contributed by atoms with Gasteiger partial charge in [0.15, 0.2) is 5.69 Å². The lowest BCUT2D eigenvalue weighted by Crippen LogP contribution is -2.21. The molecule has 0 aromatic heterocycles. The Morgan fingerprint density at radius 3 is 1.07 bits per heavy atom. The highest BCUT2D eigenvalue weighted by molar-refractivity contribution is 6.01. The molecular formula is C79H88N8O9. The number of likely N-dealkylation sites (N-methyl/N-ethyl adjacent to an activating group) is 3. The molecule has 12 rings (SSSR count). The summed E-state index contributed by atoms with van der Waals surface area (Å²) in [5, 5.41) is 21.9. The molecule has 6 atom stereocenters. The lowest BCUT2D eigenvalue weighted by Gasteiger charge is -2.18.